The molecule has 0 aliphatic heterocycles. The minimum Gasteiger partial charge on any atom is -0.491 e. The van der Waals surface area contributed by atoms with E-state index < -0.39 is 6.04 Å². The molecule has 0 heterocycles. The number of hydrogen-bond donors (Lipinski definition) is 2. The lowest BCUT2D eigenvalue weighted by atomic mass is 10.2. The maximum absolute atomic E-state index is 11.3. The Kier molecular flexibility index (Phi) is 4.76. The highest BCUT2D eigenvalue weighted by Gasteiger charge is 2.27. The largest absolute Gasteiger partial charge is 0.491 e. The summed E-state index contributed by atoms with van der Waals surface area (Å²) < 4.78 is 10.7. The molecule has 104 valence electrons. The third-order valence-corrected chi connectivity index (χ3v) is 2.98. The average molecular weight is 264 g/mol. The Hall–Kier alpha value is -1.59. The summed E-state index contributed by atoms with van der Waals surface area (Å²) in [5.74, 6) is 0.346. The second-order valence-electron chi connectivity index (χ2n) is 4.79. The van der Waals surface area contributed by atoms with E-state index in [4.69, 9.17) is 15.2 Å². The van der Waals surface area contributed by atoms with E-state index in [1.54, 1.807) is 7.11 Å². The normalized spacial score (nSPS) is 16.1. The van der Waals surface area contributed by atoms with Crippen molar-refractivity contribution in [3.8, 4) is 5.75 Å². The highest BCUT2D eigenvalue weighted by molar-refractivity contribution is 5.80. The maximum Gasteiger partial charge on any atom is 0.238 e. The van der Waals surface area contributed by atoms with Gasteiger partial charge in [0.25, 0.3) is 0 Å². The van der Waals surface area contributed by atoms with Crippen molar-refractivity contribution in [1.82, 2.24) is 5.32 Å². The van der Waals surface area contributed by atoms with E-state index in [0.717, 1.165) is 24.2 Å². The maximum atomic E-state index is 11.3. The number of carbonyl (C=O) groups is 1. The first-order valence-corrected chi connectivity index (χ1v) is 6.45. The smallest absolute Gasteiger partial charge is 0.238 e. The fraction of sp³-hybridized carbons (Fsp3) is 0.500. The van der Waals surface area contributed by atoms with E-state index in [9.17, 15) is 4.79 Å². The summed E-state index contributed by atoms with van der Waals surface area (Å²) in [5, 5.41) is 3.18. The van der Waals surface area contributed by atoms with Crippen LogP contribution in [0.15, 0.2) is 24.3 Å². The first-order valence-electron chi connectivity index (χ1n) is 6.45. The predicted octanol–water partition coefficient (Wildman–Crippen LogP) is 0.818. The number of amides is 1. The summed E-state index contributed by atoms with van der Waals surface area (Å²) in [6, 6.07) is 7.61. The second-order valence-corrected chi connectivity index (χ2v) is 4.79. The van der Waals surface area contributed by atoms with Gasteiger partial charge in [0.2, 0.25) is 5.91 Å². The van der Waals surface area contributed by atoms with Crippen molar-refractivity contribution in [2.24, 2.45) is 5.73 Å². The second kappa shape index (κ2) is 6.54. The van der Waals surface area contributed by atoms with Crippen LogP contribution in [0, 0.1) is 0 Å². The Morgan fingerprint density at radius 1 is 1.53 bits per heavy atom. The molecule has 1 aromatic carbocycles. The van der Waals surface area contributed by atoms with E-state index in [-0.39, 0.29) is 12.5 Å². The van der Waals surface area contributed by atoms with Gasteiger partial charge in [0, 0.05) is 13.2 Å². The zero-order valence-electron chi connectivity index (χ0n) is 11.1. The van der Waals surface area contributed by atoms with Crippen molar-refractivity contribution < 1.29 is 14.3 Å². The van der Waals surface area contributed by atoms with Gasteiger partial charge in [-0.15, -0.1) is 0 Å². The van der Waals surface area contributed by atoms with Crippen LogP contribution in [-0.4, -0.2) is 31.7 Å². The molecule has 1 aromatic rings. The highest BCUT2D eigenvalue weighted by Crippen LogP contribution is 2.20. The first-order chi connectivity index (χ1) is 9.19. The van der Waals surface area contributed by atoms with Gasteiger partial charge in [-0.1, -0.05) is 12.1 Å². The van der Waals surface area contributed by atoms with Crippen LogP contribution in [0.2, 0.25) is 0 Å². The molecule has 3 N–H and O–H groups in total. The molecule has 0 saturated heterocycles. The van der Waals surface area contributed by atoms with Crippen LogP contribution >= 0.6 is 0 Å². The number of hydrogen-bond acceptors (Lipinski definition) is 4. The summed E-state index contributed by atoms with van der Waals surface area (Å²) in [7, 11) is 1.65. The number of nitrogens with two attached hydrogens (primary N) is 1. The zero-order valence-corrected chi connectivity index (χ0v) is 11.1. The van der Waals surface area contributed by atoms with Crippen LogP contribution in [0.5, 0.6) is 5.75 Å². The first kappa shape index (κ1) is 13.8. The molecular formula is C14H20N2O3. The van der Waals surface area contributed by atoms with Crippen LogP contribution in [0.1, 0.15) is 18.4 Å². The SMILES string of the molecule is COCc1cccc(OCC(NC2CC2)C(N)=O)c1. The number of methoxy groups -OCH3 is 1. The molecular weight excluding hydrogens is 244 g/mol. The highest BCUT2D eigenvalue weighted by atomic mass is 16.5. The van der Waals surface area contributed by atoms with Gasteiger partial charge >= 0.3 is 0 Å². The molecule has 0 bridgehead atoms. The quantitative estimate of drug-likeness (QED) is 0.729. The molecule has 0 aromatic heterocycles. The summed E-state index contributed by atoms with van der Waals surface area (Å²) >= 11 is 0. The molecule has 1 atom stereocenters. The minimum atomic E-state index is -0.432. The van der Waals surface area contributed by atoms with E-state index >= 15 is 0 Å². The molecule has 0 radical (unpaired) electrons. The molecule has 1 aliphatic carbocycles. The van der Waals surface area contributed by atoms with Gasteiger partial charge in [0.1, 0.15) is 18.4 Å². The summed E-state index contributed by atoms with van der Waals surface area (Å²) in [5.41, 5.74) is 6.39. The predicted molar refractivity (Wildman–Crippen MR) is 71.8 cm³/mol. The van der Waals surface area contributed by atoms with Crippen molar-refractivity contribution in [3.05, 3.63) is 29.8 Å². The van der Waals surface area contributed by atoms with Crippen molar-refractivity contribution in [3.63, 3.8) is 0 Å². The average Bonchev–Trinajstić information content (AvgIpc) is 3.19. The molecule has 1 aliphatic rings. The number of carbonyl (C=O) groups excluding carboxylic acids is 1. The van der Waals surface area contributed by atoms with E-state index in [2.05, 4.69) is 5.32 Å². The van der Waals surface area contributed by atoms with Crippen LogP contribution < -0.4 is 15.8 Å². The molecule has 1 amide bonds. The summed E-state index contributed by atoms with van der Waals surface area (Å²) in [6.45, 7) is 0.791. The van der Waals surface area contributed by atoms with E-state index in [1.165, 1.54) is 0 Å². The Morgan fingerprint density at radius 3 is 2.95 bits per heavy atom. The monoisotopic (exact) mass is 264 g/mol. The fourth-order valence-electron chi connectivity index (χ4n) is 1.82. The Morgan fingerprint density at radius 2 is 2.32 bits per heavy atom. The Bertz CT molecular complexity index is 432. The van der Waals surface area contributed by atoms with Crippen LogP contribution in [-0.2, 0) is 16.1 Å². The van der Waals surface area contributed by atoms with E-state index in [1.807, 2.05) is 24.3 Å². The van der Waals surface area contributed by atoms with Gasteiger partial charge in [0.05, 0.1) is 6.61 Å². The summed E-state index contributed by atoms with van der Waals surface area (Å²) in [4.78, 5) is 11.3. The fourth-order valence-corrected chi connectivity index (χ4v) is 1.82. The van der Waals surface area contributed by atoms with Gasteiger partial charge in [-0.25, -0.2) is 0 Å². The van der Waals surface area contributed by atoms with Gasteiger partial charge in [0.15, 0.2) is 0 Å². The molecule has 1 fully saturated rings. The molecule has 0 spiro atoms. The van der Waals surface area contributed by atoms with Gasteiger partial charge in [-0.05, 0) is 30.5 Å². The lowest BCUT2D eigenvalue weighted by Crippen LogP contribution is -2.46. The molecule has 19 heavy (non-hydrogen) atoms. The lowest BCUT2D eigenvalue weighted by molar-refractivity contribution is -0.120. The topological polar surface area (TPSA) is 73.6 Å². The third-order valence-electron chi connectivity index (χ3n) is 2.98. The zero-order chi connectivity index (χ0) is 13.7. The number of ether oxygens (including phenoxy) is 2. The lowest BCUT2D eigenvalue weighted by Gasteiger charge is -2.16. The van der Waals surface area contributed by atoms with Crippen molar-refractivity contribution in [2.75, 3.05) is 13.7 Å². The minimum absolute atomic E-state index is 0.252. The van der Waals surface area contributed by atoms with Gasteiger partial charge < -0.3 is 20.5 Å². The Labute approximate surface area is 113 Å². The van der Waals surface area contributed by atoms with Crippen molar-refractivity contribution in [1.29, 1.82) is 0 Å². The molecule has 5 heteroatoms. The summed E-state index contributed by atoms with van der Waals surface area (Å²) in [6.07, 6.45) is 2.21. The third kappa shape index (κ3) is 4.54. The standard InChI is InChI=1S/C14H20N2O3/c1-18-8-10-3-2-4-12(7-10)19-9-13(14(15)17)16-11-5-6-11/h2-4,7,11,13,16H,5-6,8-9H2,1H3,(H2,15,17). The number of nitrogens with one attached hydrogen (secondary N) is 1. The molecule has 1 unspecified atom stereocenters. The van der Waals surface area contributed by atoms with Crippen molar-refractivity contribution >= 4 is 5.91 Å². The van der Waals surface area contributed by atoms with Crippen molar-refractivity contribution in [2.45, 2.75) is 31.5 Å². The van der Waals surface area contributed by atoms with Gasteiger partial charge in [-0.2, -0.15) is 0 Å². The molecule has 1 saturated carbocycles. The van der Waals surface area contributed by atoms with Crippen LogP contribution in [0.4, 0.5) is 0 Å². The van der Waals surface area contributed by atoms with Crippen LogP contribution in [0.3, 0.4) is 0 Å². The molecule has 5 nitrogen and oxygen atoms in total. The Balaban J connectivity index is 1.88. The van der Waals surface area contributed by atoms with Crippen LogP contribution in [0.25, 0.3) is 0 Å². The number of rotatable bonds is 8. The van der Waals surface area contributed by atoms with Gasteiger partial charge in [-0.3, -0.25) is 4.79 Å². The molecule has 2 rings (SSSR count). The number of benzene rings is 1. The number of primary amides is 1. The van der Waals surface area contributed by atoms with E-state index in [0.29, 0.717) is 12.6 Å².